The zero-order chi connectivity index (χ0) is 17.6. The van der Waals surface area contributed by atoms with E-state index in [9.17, 15) is 4.79 Å². The summed E-state index contributed by atoms with van der Waals surface area (Å²) in [5.41, 5.74) is 3.37. The second-order valence-electron chi connectivity index (χ2n) is 5.83. The molecule has 25 heavy (non-hydrogen) atoms. The molecule has 1 aliphatic heterocycles. The average Bonchev–Trinajstić information content (AvgIpc) is 3.05. The third-order valence-electron chi connectivity index (χ3n) is 3.94. The Labute approximate surface area is 153 Å². The lowest BCUT2D eigenvalue weighted by Crippen LogP contribution is -2.23. The molecule has 3 rings (SSSR count). The van der Waals surface area contributed by atoms with Crippen LogP contribution in [0.4, 0.5) is 4.79 Å². The Morgan fingerprint density at radius 3 is 2.68 bits per heavy atom. The molecule has 2 aromatic carbocycles. The molecule has 0 N–H and O–H groups in total. The van der Waals surface area contributed by atoms with Crippen molar-refractivity contribution in [2.24, 2.45) is 0 Å². The predicted octanol–water partition coefficient (Wildman–Crippen LogP) is 5.48. The van der Waals surface area contributed by atoms with Crippen LogP contribution in [-0.2, 0) is 4.74 Å². The van der Waals surface area contributed by atoms with Gasteiger partial charge in [-0.3, -0.25) is 4.90 Å². The van der Waals surface area contributed by atoms with Crippen LogP contribution in [0.15, 0.2) is 77.2 Å². The van der Waals surface area contributed by atoms with Crippen molar-refractivity contribution in [2.45, 2.75) is 18.2 Å². The van der Waals surface area contributed by atoms with E-state index >= 15 is 0 Å². The van der Waals surface area contributed by atoms with Crippen LogP contribution in [0.2, 0.25) is 0 Å². The van der Waals surface area contributed by atoms with Crippen LogP contribution in [0.5, 0.6) is 0 Å². The summed E-state index contributed by atoms with van der Waals surface area (Å²) in [6.45, 7) is 6.96. The molecular formula is C21H21NO2S. The Morgan fingerprint density at radius 1 is 1.24 bits per heavy atom. The second-order valence-corrected chi connectivity index (χ2v) is 6.89. The van der Waals surface area contributed by atoms with Crippen molar-refractivity contribution < 1.29 is 9.53 Å². The lowest BCUT2D eigenvalue weighted by atomic mass is 10.0. The SMILES string of the molecule is C=CC/C(=C(\Sc1cccc(C)c1)N1CCOC1=O)c1ccccc1. The molecule has 2 aromatic rings. The van der Waals surface area contributed by atoms with Gasteiger partial charge in [-0.25, -0.2) is 4.79 Å². The highest BCUT2D eigenvalue weighted by Crippen LogP contribution is 2.38. The van der Waals surface area contributed by atoms with Gasteiger partial charge in [0.2, 0.25) is 0 Å². The molecule has 0 bridgehead atoms. The van der Waals surface area contributed by atoms with E-state index in [2.05, 4.69) is 43.8 Å². The molecule has 0 aromatic heterocycles. The molecule has 0 atom stereocenters. The maximum atomic E-state index is 12.2. The number of aryl methyl sites for hydroxylation is 1. The third-order valence-corrected chi connectivity index (χ3v) is 5.09. The first-order chi connectivity index (χ1) is 12.2. The Morgan fingerprint density at radius 2 is 2.04 bits per heavy atom. The summed E-state index contributed by atoms with van der Waals surface area (Å²) in [6.07, 6.45) is 2.27. The summed E-state index contributed by atoms with van der Waals surface area (Å²) in [7, 11) is 0. The van der Waals surface area contributed by atoms with Crippen LogP contribution < -0.4 is 0 Å². The first-order valence-corrected chi connectivity index (χ1v) is 9.09. The van der Waals surface area contributed by atoms with Gasteiger partial charge in [0.1, 0.15) is 6.61 Å². The van der Waals surface area contributed by atoms with E-state index in [1.54, 1.807) is 16.7 Å². The minimum atomic E-state index is -0.285. The van der Waals surface area contributed by atoms with E-state index in [4.69, 9.17) is 4.74 Å². The van der Waals surface area contributed by atoms with Crippen molar-refractivity contribution in [1.29, 1.82) is 0 Å². The fourth-order valence-corrected chi connectivity index (χ4v) is 3.98. The summed E-state index contributed by atoms with van der Waals surface area (Å²) in [5.74, 6) is 0. The largest absolute Gasteiger partial charge is 0.447 e. The number of cyclic esters (lactones) is 1. The lowest BCUT2D eigenvalue weighted by molar-refractivity contribution is 0.165. The molecule has 1 amide bonds. The molecule has 1 fully saturated rings. The molecule has 1 heterocycles. The number of amides is 1. The maximum Gasteiger partial charge on any atom is 0.414 e. The molecule has 0 aliphatic carbocycles. The fraction of sp³-hybridized carbons (Fsp3) is 0.190. The number of thioether (sulfide) groups is 1. The highest BCUT2D eigenvalue weighted by Gasteiger charge is 2.28. The Balaban J connectivity index is 2.10. The maximum absolute atomic E-state index is 12.2. The van der Waals surface area contributed by atoms with Gasteiger partial charge >= 0.3 is 6.09 Å². The summed E-state index contributed by atoms with van der Waals surface area (Å²) in [6, 6.07) is 18.4. The van der Waals surface area contributed by atoms with Crippen LogP contribution in [0.25, 0.3) is 5.57 Å². The lowest BCUT2D eigenvalue weighted by Gasteiger charge is -2.21. The van der Waals surface area contributed by atoms with E-state index in [0.717, 1.165) is 21.1 Å². The molecule has 0 saturated carbocycles. The topological polar surface area (TPSA) is 29.5 Å². The number of ether oxygens (including phenoxy) is 1. The first-order valence-electron chi connectivity index (χ1n) is 8.27. The van der Waals surface area contributed by atoms with Gasteiger partial charge in [0, 0.05) is 4.90 Å². The van der Waals surface area contributed by atoms with E-state index in [1.165, 1.54) is 5.56 Å². The Kier molecular flexibility index (Phi) is 5.61. The molecule has 0 radical (unpaired) electrons. The number of nitrogens with zero attached hydrogens (tertiary/aromatic N) is 1. The van der Waals surface area contributed by atoms with Crippen LogP contribution in [0.1, 0.15) is 17.5 Å². The summed E-state index contributed by atoms with van der Waals surface area (Å²) in [5, 5.41) is 0.916. The van der Waals surface area contributed by atoms with E-state index in [-0.39, 0.29) is 6.09 Å². The van der Waals surface area contributed by atoms with Gasteiger partial charge in [-0.05, 0) is 36.6 Å². The minimum Gasteiger partial charge on any atom is -0.447 e. The smallest absolute Gasteiger partial charge is 0.414 e. The summed E-state index contributed by atoms with van der Waals surface area (Å²) < 4.78 is 5.19. The van der Waals surface area contributed by atoms with Crippen LogP contribution in [0, 0.1) is 6.92 Å². The average molecular weight is 351 g/mol. The highest BCUT2D eigenvalue weighted by atomic mass is 32.2. The number of hydrogen-bond donors (Lipinski definition) is 0. The standard InChI is InChI=1S/C21H21NO2S/c1-3-8-19(17-10-5-4-6-11-17)20(22-13-14-24-21(22)23)25-18-12-7-9-16(2)15-18/h3-7,9-12,15H,1,8,13-14H2,2H3/b20-19+. The molecule has 1 saturated heterocycles. The zero-order valence-corrected chi connectivity index (χ0v) is 15.1. The molecule has 128 valence electrons. The van der Waals surface area contributed by atoms with Gasteiger partial charge in [0.15, 0.2) is 0 Å². The monoisotopic (exact) mass is 351 g/mol. The van der Waals surface area contributed by atoms with Crippen molar-refractivity contribution >= 4 is 23.4 Å². The van der Waals surface area contributed by atoms with Gasteiger partial charge in [-0.15, -0.1) is 6.58 Å². The Bertz CT molecular complexity index is 799. The summed E-state index contributed by atoms with van der Waals surface area (Å²) >= 11 is 1.60. The van der Waals surface area contributed by atoms with Gasteiger partial charge in [0.25, 0.3) is 0 Å². The molecule has 4 heteroatoms. The van der Waals surface area contributed by atoms with Crippen molar-refractivity contribution in [3.8, 4) is 0 Å². The molecular weight excluding hydrogens is 330 g/mol. The van der Waals surface area contributed by atoms with Crippen molar-refractivity contribution in [3.63, 3.8) is 0 Å². The normalized spacial score (nSPS) is 14.9. The van der Waals surface area contributed by atoms with Gasteiger partial charge in [-0.2, -0.15) is 0 Å². The highest BCUT2D eigenvalue weighted by molar-refractivity contribution is 8.03. The van der Waals surface area contributed by atoms with E-state index < -0.39 is 0 Å². The Hall–Kier alpha value is -2.46. The third kappa shape index (κ3) is 4.15. The van der Waals surface area contributed by atoms with Gasteiger partial charge in [-0.1, -0.05) is 65.9 Å². The molecule has 3 nitrogen and oxygen atoms in total. The number of hydrogen-bond acceptors (Lipinski definition) is 3. The van der Waals surface area contributed by atoms with E-state index in [0.29, 0.717) is 19.6 Å². The quantitative estimate of drug-likeness (QED) is 0.509. The second kappa shape index (κ2) is 8.08. The van der Waals surface area contributed by atoms with Crippen molar-refractivity contribution in [1.82, 2.24) is 4.90 Å². The number of carbonyl (C=O) groups excluding carboxylic acids is 1. The minimum absolute atomic E-state index is 0.285. The van der Waals surface area contributed by atoms with Crippen LogP contribution in [0.3, 0.4) is 0 Å². The fourth-order valence-electron chi connectivity index (χ4n) is 2.76. The van der Waals surface area contributed by atoms with Crippen LogP contribution >= 0.6 is 11.8 Å². The predicted molar refractivity (Wildman–Crippen MR) is 103 cm³/mol. The molecule has 0 spiro atoms. The number of benzene rings is 2. The van der Waals surface area contributed by atoms with E-state index in [1.807, 2.05) is 30.3 Å². The summed E-state index contributed by atoms with van der Waals surface area (Å²) in [4.78, 5) is 15.1. The number of carbonyl (C=O) groups is 1. The van der Waals surface area contributed by atoms with Crippen molar-refractivity contribution in [2.75, 3.05) is 13.2 Å². The number of rotatable bonds is 6. The zero-order valence-electron chi connectivity index (χ0n) is 14.3. The van der Waals surface area contributed by atoms with Gasteiger partial charge < -0.3 is 4.74 Å². The van der Waals surface area contributed by atoms with Gasteiger partial charge in [0.05, 0.1) is 11.6 Å². The molecule has 0 unspecified atom stereocenters. The number of allylic oxidation sites excluding steroid dienone is 2. The molecule has 1 aliphatic rings. The van der Waals surface area contributed by atoms with Crippen molar-refractivity contribution in [3.05, 3.63) is 83.4 Å². The first kappa shape index (κ1) is 17.4. The van der Waals surface area contributed by atoms with Crippen LogP contribution in [-0.4, -0.2) is 24.1 Å².